The summed E-state index contributed by atoms with van der Waals surface area (Å²) in [5.74, 6) is 0. The molecule has 1 aromatic rings. The van der Waals surface area contributed by atoms with E-state index >= 15 is 0 Å². The maximum atomic E-state index is 3.55. The largest absolute Gasteiger partial charge is 0.312 e. The van der Waals surface area contributed by atoms with Gasteiger partial charge in [-0.2, -0.15) is 0 Å². The van der Waals surface area contributed by atoms with Crippen LogP contribution in [0.2, 0.25) is 0 Å². The number of hydrogen-bond donors (Lipinski definition) is 1. The molecule has 1 heterocycles. The van der Waals surface area contributed by atoms with E-state index in [0.717, 1.165) is 6.54 Å². The molecule has 3 heteroatoms. The summed E-state index contributed by atoms with van der Waals surface area (Å²) in [6, 6.07) is 2.12. The SMILES string of the molecule is CC(C)(C)NCCCc1sccc1Br. The standard InChI is InChI=1S/C11H18BrNS/c1-11(2,3)13-7-4-5-10-9(12)6-8-14-10/h6,8,13H,4-5,7H2,1-3H3. The average Bonchev–Trinajstić information content (AvgIpc) is 2.44. The van der Waals surface area contributed by atoms with E-state index in [1.807, 2.05) is 11.3 Å². The van der Waals surface area contributed by atoms with Gasteiger partial charge in [-0.1, -0.05) is 0 Å². The summed E-state index contributed by atoms with van der Waals surface area (Å²) in [6.07, 6.45) is 2.37. The first kappa shape index (κ1) is 12.2. The van der Waals surface area contributed by atoms with Gasteiger partial charge < -0.3 is 5.32 Å². The molecule has 14 heavy (non-hydrogen) atoms. The maximum absolute atomic E-state index is 3.55. The Kier molecular flexibility index (Phi) is 4.61. The molecule has 1 rings (SSSR count). The van der Waals surface area contributed by atoms with Gasteiger partial charge in [0.15, 0.2) is 0 Å². The van der Waals surface area contributed by atoms with Crippen LogP contribution >= 0.6 is 27.3 Å². The fraction of sp³-hybridized carbons (Fsp3) is 0.636. The van der Waals surface area contributed by atoms with Crippen LogP contribution in [0.3, 0.4) is 0 Å². The first-order chi connectivity index (χ1) is 6.49. The van der Waals surface area contributed by atoms with Crippen molar-refractivity contribution in [3.05, 3.63) is 20.8 Å². The van der Waals surface area contributed by atoms with Crippen LogP contribution in [-0.2, 0) is 6.42 Å². The van der Waals surface area contributed by atoms with E-state index in [0.29, 0.717) is 0 Å². The normalized spacial score (nSPS) is 12.0. The zero-order chi connectivity index (χ0) is 10.6. The van der Waals surface area contributed by atoms with Gasteiger partial charge in [0.05, 0.1) is 0 Å². The summed E-state index contributed by atoms with van der Waals surface area (Å²) in [5.41, 5.74) is 0.243. The second kappa shape index (κ2) is 5.29. The molecule has 0 atom stereocenters. The van der Waals surface area contributed by atoms with Crippen molar-refractivity contribution in [1.82, 2.24) is 5.32 Å². The Hall–Kier alpha value is 0.140. The molecule has 0 aromatic carbocycles. The number of aryl methyl sites for hydroxylation is 1. The Morgan fingerprint density at radius 2 is 2.14 bits per heavy atom. The quantitative estimate of drug-likeness (QED) is 0.824. The summed E-state index contributed by atoms with van der Waals surface area (Å²) in [4.78, 5) is 1.46. The number of rotatable bonds is 4. The fourth-order valence-corrected chi connectivity index (χ4v) is 2.81. The van der Waals surface area contributed by atoms with Crippen molar-refractivity contribution < 1.29 is 0 Å². The molecule has 0 fully saturated rings. The lowest BCUT2D eigenvalue weighted by atomic mass is 10.1. The summed E-state index contributed by atoms with van der Waals surface area (Å²) in [5, 5.41) is 5.63. The Morgan fingerprint density at radius 1 is 1.43 bits per heavy atom. The Labute approximate surface area is 99.0 Å². The minimum absolute atomic E-state index is 0.243. The van der Waals surface area contributed by atoms with Crippen molar-refractivity contribution in [3.8, 4) is 0 Å². The van der Waals surface area contributed by atoms with Crippen LogP contribution in [0.15, 0.2) is 15.9 Å². The number of nitrogens with one attached hydrogen (secondary N) is 1. The van der Waals surface area contributed by atoms with Crippen LogP contribution in [0.1, 0.15) is 32.1 Å². The molecule has 0 bridgehead atoms. The first-order valence-corrected chi connectivity index (χ1v) is 6.63. The van der Waals surface area contributed by atoms with Crippen molar-refractivity contribution in [2.75, 3.05) is 6.54 Å². The lowest BCUT2D eigenvalue weighted by molar-refractivity contribution is 0.422. The minimum atomic E-state index is 0.243. The molecule has 0 aliphatic heterocycles. The highest BCUT2D eigenvalue weighted by atomic mass is 79.9. The summed E-state index contributed by atoms with van der Waals surface area (Å²) in [6.45, 7) is 7.70. The Balaban J connectivity index is 2.20. The van der Waals surface area contributed by atoms with Gasteiger partial charge >= 0.3 is 0 Å². The molecule has 1 nitrogen and oxygen atoms in total. The molecule has 0 radical (unpaired) electrons. The third kappa shape index (κ3) is 4.58. The lowest BCUT2D eigenvalue weighted by Crippen LogP contribution is -2.36. The maximum Gasteiger partial charge on any atom is 0.0314 e. The molecule has 1 N–H and O–H groups in total. The van der Waals surface area contributed by atoms with Crippen molar-refractivity contribution in [3.63, 3.8) is 0 Å². The van der Waals surface area contributed by atoms with E-state index in [1.165, 1.54) is 22.2 Å². The molecule has 0 saturated carbocycles. The highest BCUT2D eigenvalue weighted by molar-refractivity contribution is 9.10. The van der Waals surface area contributed by atoms with Gasteiger partial charge in [0, 0.05) is 14.9 Å². The van der Waals surface area contributed by atoms with Gasteiger partial charge in [0.25, 0.3) is 0 Å². The predicted octanol–water partition coefficient (Wildman–Crippen LogP) is 3.83. The molecule has 80 valence electrons. The summed E-state index contributed by atoms with van der Waals surface area (Å²) >= 11 is 5.38. The van der Waals surface area contributed by atoms with Crippen LogP contribution in [-0.4, -0.2) is 12.1 Å². The molecule has 0 spiro atoms. The van der Waals surface area contributed by atoms with E-state index in [1.54, 1.807) is 0 Å². The van der Waals surface area contributed by atoms with Gasteiger partial charge in [-0.05, 0) is 67.5 Å². The van der Waals surface area contributed by atoms with Crippen LogP contribution in [0.5, 0.6) is 0 Å². The zero-order valence-electron chi connectivity index (χ0n) is 9.06. The van der Waals surface area contributed by atoms with Crippen molar-refractivity contribution in [1.29, 1.82) is 0 Å². The summed E-state index contributed by atoms with van der Waals surface area (Å²) in [7, 11) is 0. The molecule has 0 aliphatic carbocycles. The second-order valence-electron chi connectivity index (χ2n) is 4.47. The number of hydrogen-bond acceptors (Lipinski definition) is 2. The lowest BCUT2D eigenvalue weighted by Gasteiger charge is -2.20. The van der Waals surface area contributed by atoms with Gasteiger partial charge in [0.2, 0.25) is 0 Å². The summed E-state index contributed by atoms with van der Waals surface area (Å²) < 4.78 is 1.26. The van der Waals surface area contributed by atoms with Crippen LogP contribution in [0.4, 0.5) is 0 Å². The average molecular weight is 276 g/mol. The molecule has 0 aliphatic rings. The van der Waals surface area contributed by atoms with Gasteiger partial charge in [-0.25, -0.2) is 0 Å². The van der Waals surface area contributed by atoms with Crippen LogP contribution in [0, 0.1) is 0 Å². The smallest absolute Gasteiger partial charge is 0.0314 e. The van der Waals surface area contributed by atoms with Crippen molar-refractivity contribution in [2.24, 2.45) is 0 Å². The topological polar surface area (TPSA) is 12.0 Å². The van der Waals surface area contributed by atoms with Gasteiger partial charge in [0.1, 0.15) is 0 Å². The van der Waals surface area contributed by atoms with Crippen molar-refractivity contribution >= 4 is 27.3 Å². The first-order valence-electron chi connectivity index (χ1n) is 4.96. The molecule has 0 unspecified atom stereocenters. The molecule has 0 amide bonds. The van der Waals surface area contributed by atoms with E-state index in [4.69, 9.17) is 0 Å². The fourth-order valence-electron chi connectivity index (χ4n) is 1.22. The van der Waals surface area contributed by atoms with E-state index in [2.05, 4.69) is 53.5 Å². The van der Waals surface area contributed by atoms with Gasteiger partial charge in [-0.3, -0.25) is 0 Å². The van der Waals surface area contributed by atoms with E-state index < -0.39 is 0 Å². The van der Waals surface area contributed by atoms with Crippen LogP contribution < -0.4 is 5.32 Å². The molecule has 1 aromatic heterocycles. The Morgan fingerprint density at radius 3 is 2.64 bits per heavy atom. The molecule has 0 saturated heterocycles. The highest BCUT2D eigenvalue weighted by Gasteiger charge is 2.07. The predicted molar refractivity (Wildman–Crippen MR) is 68.1 cm³/mol. The van der Waals surface area contributed by atoms with E-state index in [9.17, 15) is 0 Å². The van der Waals surface area contributed by atoms with Crippen molar-refractivity contribution in [2.45, 2.75) is 39.2 Å². The monoisotopic (exact) mass is 275 g/mol. The second-order valence-corrected chi connectivity index (χ2v) is 6.33. The third-order valence-corrected chi connectivity index (χ3v) is 3.91. The van der Waals surface area contributed by atoms with E-state index in [-0.39, 0.29) is 5.54 Å². The molecular weight excluding hydrogens is 258 g/mol. The van der Waals surface area contributed by atoms with Crippen LogP contribution in [0.25, 0.3) is 0 Å². The minimum Gasteiger partial charge on any atom is -0.312 e. The third-order valence-electron chi connectivity index (χ3n) is 1.93. The number of halogens is 1. The Bertz CT molecular complexity index is 275. The number of thiophene rings is 1. The highest BCUT2D eigenvalue weighted by Crippen LogP contribution is 2.23. The molecular formula is C11H18BrNS. The van der Waals surface area contributed by atoms with Gasteiger partial charge in [-0.15, -0.1) is 11.3 Å². The zero-order valence-corrected chi connectivity index (χ0v) is 11.5.